The zero-order chi connectivity index (χ0) is 24.1. The monoisotopic (exact) mass is 472 g/mol. The fourth-order valence-electron chi connectivity index (χ4n) is 5.10. The topological polar surface area (TPSA) is 60.0 Å². The molecule has 0 unspecified atom stereocenters. The maximum atomic E-state index is 13.2. The number of hydrogen-bond donors (Lipinski definition) is 1. The molecule has 0 saturated carbocycles. The van der Waals surface area contributed by atoms with Crippen molar-refractivity contribution in [2.45, 2.75) is 43.4 Å². The average Bonchev–Trinajstić information content (AvgIpc) is 3.40. The van der Waals surface area contributed by atoms with Crippen molar-refractivity contribution >= 4 is 6.09 Å². The summed E-state index contributed by atoms with van der Waals surface area (Å²) in [6.07, 6.45) is 1.03. The summed E-state index contributed by atoms with van der Waals surface area (Å²) in [5.41, 5.74) is 2.84. The van der Waals surface area contributed by atoms with Crippen LogP contribution in [-0.2, 0) is 26.6 Å². The Morgan fingerprint density at radius 3 is 2.17 bits per heavy atom. The zero-order valence-corrected chi connectivity index (χ0v) is 20.0. The molecular weight excluding hydrogens is 440 g/mol. The van der Waals surface area contributed by atoms with Gasteiger partial charge >= 0.3 is 6.09 Å². The molecule has 2 aliphatic heterocycles. The number of nitrogens with one attached hydrogen (secondary N) is 1. The molecule has 0 bridgehead atoms. The maximum absolute atomic E-state index is 13.2. The van der Waals surface area contributed by atoms with Gasteiger partial charge in [0, 0.05) is 23.7 Å². The Balaban J connectivity index is 1.39. The van der Waals surface area contributed by atoms with Crippen LogP contribution in [0.15, 0.2) is 91.0 Å². The quantitative estimate of drug-likeness (QED) is 0.564. The Morgan fingerprint density at radius 1 is 0.971 bits per heavy atom. The lowest BCUT2D eigenvalue weighted by molar-refractivity contribution is -0.151. The van der Waals surface area contributed by atoms with Gasteiger partial charge in [-0.3, -0.25) is 0 Å². The highest BCUT2D eigenvalue weighted by atomic mass is 16.7. The molecule has 0 radical (unpaired) electrons. The van der Waals surface area contributed by atoms with E-state index in [4.69, 9.17) is 14.2 Å². The molecule has 3 aromatic rings. The standard InChI is InChI=1S/C29H32N2O4/c1-30-25-17-18-31(28(32)33-20-22-11-5-2-6-12-22)26(19-25)27-21-34-29(35-27,23-13-7-3-8-14-23)24-15-9-4-10-16-24/h2-16,25-27,30H,17-21H2,1H3/t25-,26+,27-/m1/s1. The van der Waals surface area contributed by atoms with Gasteiger partial charge in [0.1, 0.15) is 12.7 Å². The van der Waals surface area contributed by atoms with E-state index in [1.807, 2.05) is 103 Å². The van der Waals surface area contributed by atoms with Gasteiger partial charge in [-0.05, 0) is 25.5 Å². The van der Waals surface area contributed by atoms with Gasteiger partial charge in [-0.1, -0.05) is 91.0 Å². The molecule has 2 aliphatic rings. The second-order valence-electron chi connectivity index (χ2n) is 9.13. The van der Waals surface area contributed by atoms with Crippen molar-refractivity contribution in [3.8, 4) is 0 Å². The van der Waals surface area contributed by atoms with E-state index >= 15 is 0 Å². The van der Waals surface area contributed by atoms with Crippen LogP contribution in [0.4, 0.5) is 4.79 Å². The summed E-state index contributed by atoms with van der Waals surface area (Å²) in [7, 11) is 1.97. The summed E-state index contributed by atoms with van der Waals surface area (Å²) >= 11 is 0. The van der Waals surface area contributed by atoms with E-state index in [9.17, 15) is 4.79 Å². The Bertz CT molecular complexity index is 1050. The van der Waals surface area contributed by atoms with E-state index < -0.39 is 5.79 Å². The highest BCUT2D eigenvalue weighted by Gasteiger charge is 2.50. The van der Waals surface area contributed by atoms with Crippen molar-refractivity contribution in [2.24, 2.45) is 0 Å². The van der Waals surface area contributed by atoms with Gasteiger partial charge in [-0.25, -0.2) is 4.79 Å². The van der Waals surface area contributed by atoms with Gasteiger partial charge in [0.05, 0.1) is 12.6 Å². The van der Waals surface area contributed by atoms with Crippen LogP contribution in [-0.4, -0.2) is 49.4 Å². The minimum Gasteiger partial charge on any atom is -0.445 e. The van der Waals surface area contributed by atoms with Crippen molar-refractivity contribution in [1.82, 2.24) is 10.2 Å². The summed E-state index contributed by atoms with van der Waals surface area (Å²) in [5, 5.41) is 3.38. The molecule has 6 nitrogen and oxygen atoms in total. The first-order chi connectivity index (χ1) is 17.2. The number of carbonyl (C=O) groups is 1. The van der Waals surface area contributed by atoms with E-state index in [1.54, 1.807) is 0 Å². The first kappa shape index (κ1) is 23.5. The number of hydrogen-bond acceptors (Lipinski definition) is 5. The van der Waals surface area contributed by atoms with Crippen LogP contribution in [0.3, 0.4) is 0 Å². The minimum absolute atomic E-state index is 0.168. The second-order valence-corrected chi connectivity index (χ2v) is 9.13. The van der Waals surface area contributed by atoms with Crippen LogP contribution >= 0.6 is 0 Å². The lowest BCUT2D eigenvalue weighted by Gasteiger charge is -2.41. The normalized spacial score (nSPS) is 23.7. The van der Waals surface area contributed by atoms with Crippen LogP contribution in [0, 0.1) is 0 Å². The molecule has 35 heavy (non-hydrogen) atoms. The number of amides is 1. The summed E-state index contributed by atoms with van der Waals surface area (Å²) in [5.74, 6) is -1.01. The molecule has 0 spiro atoms. The van der Waals surface area contributed by atoms with Crippen molar-refractivity contribution < 1.29 is 19.0 Å². The molecule has 2 heterocycles. The van der Waals surface area contributed by atoms with Gasteiger partial charge in [0.15, 0.2) is 0 Å². The average molecular weight is 473 g/mol. The number of likely N-dealkylation sites (tertiary alicyclic amines) is 1. The fraction of sp³-hybridized carbons (Fsp3) is 0.345. The Labute approximate surface area is 206 Å². The third-order valence-electron chi connectivity index (χ3n) is 7.00. The maximum Gasteiger partial charge on any atom is 0.410 e. The van der Waals surface area contributed by atoms with E-state index in [0.717, 1.165) is 29.5 Å². The van der Waals surface area contributed by atoms with Gasteiger partial charge in [-0.15, -0.1) is 0 Å². The Hall–Kier alpha value is -3.19. The van der Waals surface area contributed by atoms with Crippen molar-refractivity contribution in [3.05, 3.63) is 108 Å². The fourth-order valence-corrected chi connectivity index (χ4v) is 5.10. The van der Waals surface area contributed by atoms with Crippen LogP contribution in [0.5, 0.6) is 0 Å². The molecule has 1 N–H and O–H groups in total. The molecule has 2 fully saturated rings. The van der Waals surface area contributed by atoms with Crippen LogP contribution in [0.1, 0.15) is 29.5 Å². The van der Waals surface area contributed by atoms with E-state index in [0.29, 0.717) is 19.2 Å². The number of piperidine rings is 1. The molecule has 3 aromatic carbocycles. The third-order valence-corrected chi connectivity index (χ3v) is 7.00. The highest BCUT2D eigenvalue weighted by Crippen LogP contribution is 2.42. The van der Waals surface area contributed by atoms with E-state index in [-0.39, 0.29) is 24.8 Å². The zero-order valence-electron chi connectivity index (χ0n) is 20.0. The molecule has 5 rings (SSSR count). The molecule has 0 aliphatic carbocycles. The second kappa shape index (κ2) is 10.6. The number of ether oxygens (including phenoxy) is 3. The van der Waals surface area contributed by atoms with E-state index in [1.165, 1.54) is 0 Å². The molecule has 2 saturated heterocycles. The van der Waals surface area contributed by atoms with Gasteiger partial charge < -0.3 is 24.4 Å². The summed E-state index contributed by atoms with van der Waals surface area (Å²) < 4.78 is 19.0. The number of rotatable bonds is 6. The lowest BCUT2D eigenvalue weighted by Crippen LogP contribution is -2.56. The summed E-state index contributed by atoms with van der Waals surface area (Å²) in [6, 6.07) is 29.9. The molecule has 0 aromatic heterocycles. The molecule has 3 atom stereocenters. The predicted octanol–water partition coefficient (Wildman–Crippen LogP) is 4.69. The molecular formula is C29H32N2O4. The van der Waals surface area contributed by atoms with Crippen molar-refractivity contribution in [2.75, 3.05) is 20.2 Å². The SMILES string of the molecule is CN[C@@H]1CCN(C(=O)OCc2ccccc2)[C@H]([C@H]2COC(c3ccccc3)(c3ccccc3)O2)C1. The van der Waals surface area contributed by atoms with Crippen LogP contribution < -0.4 is 5.32 Å². The van der Waals surface area contributed by atoms with E-state index in [2.05, 4.69) is 5.32 Å². The molecule has 1 amide bonds. The lowest BCUT2D eigenvalue weighted by atomic mass is 9.93. The van der Waals surface area contributed by atoms with Crippen LogP contribution in [0.2, 0.25) is 0 Å². The number of benzene rings is 3. The first-order valence-corrected chi connectivity index (χ1v) is 12.3. The van der Waals surface area contributed by atoms with Crippen molar-refractivity contribution in [3.63, 3.8) is 0 Å². The minimum atomic E-state index is -1.01. The third kappa shape index (κ3) is 4.96. The smallest absolute Gasteiger partial charge is 0.410 e. The Kier molecular flexibility index (Phi) is 7.13. The summed E-state index contributed by atoms with van der Waals surface area (Å²) in [4.78, 5) is 15.1. The predicted molar refractivity (Wildman–Crippen MR) is 134 cm³/mol. The van der Waals surface area contributed by atoms with Gasteiger partial charge in [0.2, 0.25) is 5.79 Å². The number of nitrogens with zero attached hydrogens (tertiary/aromatic N) is 1. The van der Waals surface area contributed by atoms with Crippen molar-refractivity contribution in [1.29, 1.82) is 0 Å². The van der Waals surface area contributed by atoms with Gasteiger partial charge in [-0.2, -0.15) is 0 Å². The summed E-state index contributed by atoms with van der Waals surface area (Å²) in [6.45, 7) is 1.24. The largest absolute Gasteiger partial charge is 0.445 e. The van der Waals surface area contributed by atoms with Crippen LogP contribution in [0.25, 0.3) is 0 Å². The number of carbonyl (C=O) groups excluding carboxylic acids is 1. The molecule has 182 valence electrons. The molecule has 6 heteroatoms. The first-order valence-electron chi connectivity index (χ1n) is 12.3. The van der Waals surface area contributed by atoms with Gasteiger partial charge in [0.25, 0.3) is 0 Å². The highest BCUT2D eigenvalue weighted by molar-refractivity contribution is 5.68. The Morgan fingerprint density at radius 2 is 1.57 bits per heavy atom.